The number of halogens is 5. The number of rotatable bonds is 5. The van der Waals surface area contributed by atoms with E-state index in [4.69, 9.17) is 16.3 Å². The van der Waals surface area contributed by atoms with Crippen LogP contribution in [-0.4, -0.2) is 48.0 Å². The number of ether oxygens (including phenoxy) is 1. The highest BCUT2D eigenvalue weighted by atomic mass is 35.5. The SMILES string of the molecule is CNc1nc(Nc2cc(Cl)c(C3CN(C=O)CCO3)cc2F)ncc1C(F)(F)F. The summed E-state index contributed by atoms with van der Waals surface area (Å²) in [4.78, 5) is 19.8. The molecular formula is C17H16ClF4N5O2. The van der Waals surface area contributed by atoms with Crippen molar-refractivity contribution in [1.82, 2.24) is 14.9 Å². The Balaban J connectivity index is 1.85. The number of nitrogens with zero attached hydrogens (tertiary/aromatic N) is 3. The predicted molar refractivity (Wildman–Crippen MR) is 97.6 cm³/mol. The Morgan fingerprint density at radius 3 is 2.79 bits per heavy atom. The van der Waals surface area contributed by atoms with Crippen molar-refractivity contribution in [3.63, 3.8) is 0 Å². The third-order valence-electron chi connectivity index (χ3n) is 4.26. The summed E-state index contributed by atoms with van der Waals surface area (Å²) in [6.45, 7) is 0.940. The number of amides is 1. The maximum atomic E-state index is 14.6. The smallest absolute Gasteiger partial charge is 0.372 e. The predicted octanol–water partition coefficient (Wildman–Crippen LogP) is 3.60. The number of aromatic nitrogens is 2. The molecule has 7 nitrogen and oxygen atoms in total. The Morgan fingerprint density at radius 1 is 1.38 bits per heavy atom. The van der Waals surface area contributed by atoms with Crippen LogP contribution in [0.25, 0.3) is 0 Å². The van der Waals surface area contributed by atoms with Crippen molar-refractivity contribution in [1.29, 1.82) is 0 Å². The standard InChI is InChI=1S/C17H16ClF4N5O2/c1-23-15-10(17(20,21)22)6-24-16(26-15)25-13-5-11(18)9(4-12(13)19)14-7-27(8-28)2-3-29-14/h4-6,8,14H,2-3,7H2,1H3,(H2,23,24,25,26). The minimum atomic E-state index is -4.64. The van der Waals surface area contributed by atoms with Crippen LogP contribution in [0.3, 0.4) is 0 Å². The second-order valence-electron chi connectivity index (χ2n) is 6.14. The van der Waals surface area contributed by atoms with E-state index < -0.39 is 29.5 Å². The van der Waals surface area contributed by atoms with Crippen LogP contribution in [0.15, 0.2) is 18.3 Å². The second kappa shape index (κ2) is 8.37. The molecular weight excluding hydrogens is 418 g/mol. The third-order valence-corrected chi connectivity index (χ3v) is 4.58. The van der Waals surface area contributed by atoms with E-state index in [-0.39, 0.29) is 29.8 Å². The first-order valence-corrected chi connectivity index (χ1v) is 8.79. The summed E-state index contributed by atoms with van der Waals surface area (Å²) in [5.41, 5.74) is -0.817. The van der Waals surface area contributed by atoms with Gasteiger partial charge in [0.05, 0.1) is 18.8 Å². The zero-order chi connectivity index (χ0) is 21.2. The molecule has 0 saturated carbocycles. The number of carbonyl (C=O) groups excluding carboxylic acids is 1. The van der Waals surface area contributed by atoms with Gasteiger partial charge in [-0.1, -0.05) is 11.6 Å². The van der Waals surface area contributed by atoms with Gasteiger partial charge < -0.3 is 20.3 Å². The number of alkyl halides is 3. The van der Waals surface area contributed by atoms with Gasteiger partial charge in [-0.25, -0.2) is 9.37 Å². The Kier molecular flexibility index (Phi) is 6.08. The van der Waals surface area contributed by atoms with E-state index >= 15 is 0 Å². The fraction of sp³-hybridized carbons (Fsp3) is 0.353. The molecule has 29 heavy (non-hydrogen) atoms. The van der Waals surface area contributed by atoms with Gasteiger partial charge in [-0.3, -0.25) is 4.79 Å². The van der Waals surface area contributed by atoms with Gasteiger partial charge >= 0.3 is 6.18 Å². The van der Waals surface area contributed by atoms with Crippen LogP contribution in [0.1, 0.15) is 17.2 Å². The molecule has 0 spiro atoms. The first-order chi connectivity index (χ1) is 13.7. The van der Waals surface area contributed by atoms with E-state index in [0.29, 0.717) is 24.7 Å². The van der Waals surface area contributed by atoms with Crippen molar-refractivity contribution in [3.05, 3.63) is 40.3 Å². The van der Waals surface area contributed by atoms with E-state index in [1.165, 1.54) is 18.0 Å². The number of carbonyl (C=O) groups is 1. The number of morpholine rings is 1. The maximum absolute atomic E-state index is 14.6. The summed E-state index contributed by atoms with van der Waals surface area (Å²) in [5, 5.41) is 5.02. The van der Waals surface area contributed by atoms with Crippen LogP contribution in [0.2, 0.25) is 5.02 Å². The van der Waals surface area contributed by atoms with Crippen LogP contribution in [0.4, 0.5) is 35.0 Å². The molecule has 3 rings (SSSR count). The molecule has 0 bridgehead atoms. The highest BCUT2D eigenvalue weighted by Gasteiger charge is 2.35. The lowest BCUT2D eigenvalue weighted by atomic mass is 10.1. The highest BCUT2D eigenvalue weighted by molar-refractivity contribution is 6.31. The van der Waals surface area contributed by atoms with Crippen LogP contribution in [0.5, 0.6) is 0 Å². The van der Waals surface area contributed by atoms with E-state index in [1.807, 2.05) is 0 Å². The topological polar surface area (TPSA) is 79.4 Å². The molecule has 2 heterocycles. The van der Waals surface area contributed by atoms with Crippen LogP contribution >= 0.6 is 11.6 Å². The molecule has 1 aliphatic heterocycles. The Morgan fingerprint density at radius 2 is 2.14 bits per heavy atom. The molecule has 156 valence electrons. The summed E-state index contributed by atoms with van der Waals surface area (Å²) >= 11 is 6.24. The van der Waals surface area contributed by atoms with Gasteiger partial charge in [0, 0.05) is 30.4 Å². The number of hydrogen-bond donors (Lipinski definition) is 2. The van der Waals surface area contributed by atoms with Gasteiger partial charge in [0.25, 0.3) is 0 Å². The zero-order valence-corrected chi connectivity index (χ0v) is 15.8. The van der Waals surface area contributed by atoms with Gasteiger partial charge in [-0.2, -0.15) is 18.2 Å². The van der Waals surface area contributed by atoms with Crippen LogP contribution in [0, 0.1) is 5.82 Å². The van der Waals surface area contributed by atoms with E-state index in [9.17, 15) is 22.4 Å². The molecule has 12 heteroatoms. The third kappa shape index (κ3) is 4.67. The molecule has 1 fully saturated rings. The molecule has 0 aliphatic carbocycles. The van der Waals surface area contributed by atoms with Gasteiger partial charge in [0.1, 0.15) is 23.3 Å². The summed E-state index contributed by atoms with van der Waals surface area (Å²) in [6.07, 6.45) is -3.96. The Hall–Kier alpha value is -2.66. The summed E-state index contributed by atoms with van der Waals surface area (Å²) in [6, 6.07) is 2.40. The van der Waals surface area contributed by atoms with Crippen molar-refractivity contribution in [2.45, 2.75) is 12.3 Å². The van der Waals surface area contributed by atoms with Gasteiger partial charge in [0.2, 0.25) is 12.4 Å². The van der Waals surface area contributed by atoms with Crippen LogP contribution in [-0.2, 0) is 15.7 Å². The molecule has 2 aromatic rings. The van der Waals surface area contributed by atoms with Crippen molar-refractivity contribution < 1.29 is 27.1 Å². The first-order valence-electron chi connectivity index (χ1n) is 8.41. The molecule has 2 N–H and O–H groups in total. The number of anilines is 3. The quantitative estimate of drug-likeness (QED) is 0.554. The molecule has 1 aliphatic rings. The normalized spacial score (nSPS) is 17.2. The van der Waals surface area contributed by atoms with Gasteiger partial charge in [0.15, 0.2) is 0 Å². The monoisotopic (exact) mass is 433 g/mol. The van der Waals surface area contributed by atoms with Gasteiger partial charge in [-0.05, 0) is 12.1 Å². The second-order valence-corrected chi connectivity index (χ2v) is 6.55. The number of hydrogen-bond acceptors (Lipinski definition) is 6. The van der Waals surface area contributed by atoms with E-state index in [1.54, 1.807) is 0 Å². The lowest BCUT2D eigenvalue weighted by Gasteiger charge is -2.31. The summed E-state index contributed by atoms with van der Waals surface area (Å²) in [5.74, 6) is -1.43. The average Bonchev–Trinajstić information content (AvgIpc) is 2.69. The van der Waals surface area contributed by atoms with Crippen molar-refractivity contribution in [2.75, 3.05) is 37.4 Å². The number of benzene rings is 1. The fourth-order valence-corrected chi connectivity index (χ4v) is 3.10. The minimum absolute atomic E-state index is 0.122. The minimum Gasteiger partial charge on any atom is -0.372 e. The molecule has 1 atom stereocenters. The molecule has 1 unspecified atom stereocenters. The van der Waals surface area contributed by atoms with Crippen LogP contribution < -0.4 is 10.6 Å². The summed E-state index contributed by atoms with van der Waals surface area (Å²) in [7, 11) is 1.28. The maximum Gasteiger partial charge on any atom is 0.421 e. The first kappa shape index (κ1) is 21.1. The van der Waals surface area contributed by atoms with Crippen molar-refractivity contribution in [3.8, 4) is 0 Å². The molecule has 1 aromatic carbocycles. The lowest BCUT2D eigenvalue weighted by molar-refractivity contribution is -0.137. The van der Waals surface area contributed by atoms with Crippen molar-refractivity contribution in [2.24, 2.45) is 0 Å². The number of nitrogens with one attached hydrogen (secondary N) is 2. The molecule has 1 amide bonds. The van der Waals surface area contributed by atoms with Crippen molar-refractivity contribution >= 4 is 35.5 Å². The lowest BCUT2D eigenvalue weighted by Crippen LogP contribution is -2.37. The fourth-order valence-electron chi connectivity index (χ4n) is 2.82. The Labute approximate surface area is 168 Å². The van der Waals surface area contributed by atoms with E-state index in [2.05, 4.69) is 20.6 Å². The van der Waals surface area contributed by atoms with Gasteiger partial charge in [-0.15, -0.1) is 0 Å². The largest absolute Gasteiger partial charge is 0.421 e. The zero-order valence-electron chi connectivity index (χ0n) is 15.1. The molecule has 1 aromatic heterocycles. The molecule has 1 saturated heterocycles. The highest BCUT2D eigenvalue weighted by Crippen LogP contribution is 2.35. The average molecular weight is 434 g/mol. The Bertz CT molecular complexity index is 912. The summed E-state index contributed by atoms with van der Waals surface area (Å²) < 4.78 is 58.9. The van der Waals surface area contributed by atoms with E-state index in [0.717, 1.165) is 6.07 Å². The molecule has 0 radical (unpaired) electrons.